The highest BCUT2D eigenvalue weighted by Gasteiger charge is 2.42. The molecule has 0 unspecified atom stereocenters. The molecule has 1 saturated heterocycles. The van der Waals surface area contributed by atoms with Crippen molar-refractivity contribution in [2.24, 2.45) is 0 Å². The summed E-state index contributed by atoms with van der Waals surface area (Å²) in [4.78, 5) is 30.1. The molecule has 7 heteroatoms. The Morgan fingerprint density at radius 3 is 2.05 bits per heavy atom. The van der Waals surface area contributed by atoms with Crippen molar-refractivity contribution in [1.29, 1.82) is 0 Å². The summed E-state index contributed by atoms with van der Waals surface area (Å²) in [6.07, 6.45) is 7.27. The normalized spacial score (nSPS) is 16.7. The minimum absolute atomic E-state index is 0.0358. The van der Waals surface area contributed by atoms with Gasteiger partial charge >= 0.3 is 0 Å². The van der Waals surface area contributed by atoms with Crippen LogP contribution >= 0.6 is 12.2 Å². The first-order valence-corrected chi connectivity index (χ1v) is 14.0. The molecule has 2 N–H and O–H groups in total. The van der Waals surface area contributed by atoms with Gasteiger partial charge in [0.1, 0.15) is 0 Å². The van der Waals surface area contributed by atoms with E-state index in [1.807, 2.05) is 95.9 Å². The molecule has 0 spiro atoms. The van der Waals surface area contributed by atoms with Crippen LogP contribution in [0.25, 0.3) is 6.08 Å². The number of rotatable bonds is 6. The Morgan fingerprint density at radius 2 is 1.41 bits per heavy atom. The first kappa shape index (κ1) is 26.6. The van der Waals surface area contributed by atoms with Crippen molar-refractivity contribution in [3.63, 3.8) is 0 Å². The Hall–Kier alpha value is -3.97. The molecule has 2 fully saturated rings. The quantitative estimate of drug-likeness (QED) is 0.326. The predicted octanol–water partition coefficient (Wildman–Crippen LogP) is 5.37. The highest BCUT2D eigenvalue weighted by molar-refractivity contribution is 7.80. The summed E-state index contributed by atoms with van der Waals surface area (Å²) >= 11 is 5.50. The molecule has 2 aliphatic rings. The number of anilines is 2. The summed E-state index contributed by atoms with van der Waals surface area (Å²) in [7, 11) is 0. The molecule has 0 aromatic heterocycles. The zero-order valence-corrected chi connectivity index (χ0v) is 22.8. The molecule has 0 bridgehead atoms. The SMILES string of the molecule is O=C(/C=C/c1ccccc1)N1CCN(c2ccc(NC(=S)NC(=O)C3(c4ccccc4)CCCC3)cc2)CC1. The van der Waals surface area contributed by atoms with E-state index < -0.39 is 5.41 Å². The average Bonchev–Trinajstić information content (AvgIpc) is 3.49. The van der Waals surface area contributed by atoms with Crippen molar-refractivity contribution in [3.05, 3.63) is 102 Å². The van der Waals surface area contributed by atoms with E-state index in [2.05, 4.69) is 15.5 Å². The van der Waals surface area contributed by atoms with Gasteiger partial charge in [-0.2, -0.15) is 0 Å². The Morgan fingerprint density at radius 1 is 0.795 bits per heavy atom. The van der Waals surface area contributed by atoms with Gasteiger partial charge in [-0.05, 0) is 66.5 Å². The van der Waals surface area contributed by atoms with E-state index in [0.717, 1.165) is 61.3 Å². The molecule has 1 heterocycles. The van der Waals surface area contributed by atoms with Crippen LogP contribution in [0.1, 0.15) is 36.8 Å². The van der Waals surface area contributed by atoms with Crippen LogP contribution in [0.15, 0.2) is 91.0 Å². The lowest BCUT2D eigenvalue weighted by molar-refractivity contribution is -0.126. The van der Waals surface area contributed by atoms with Gasteiger partial charge in [0.05, 0.1) is 5.41 Å². The minimum atomic E-state index is -0.516. The maximum Gasteiger partial charge on any atom is 0.246 e. The van der Waals surface area contributed by atoms with Crippen LogP contribution in [0, 0.1) is 0 Å². The number of amides is 2. The second-order valence-electron chi connectivity index (χ2n) is 10.2. The summed E-state index contributed by atoms with van der Waals surface area (Å²) in [6.45, 7) is 2.90. The second-order valence-corrected chi connectivity index (χ2v) is 10.6. The lowest BCUT2D eigenvalue weighted by atomic mass is 9.78. The van der Waals surface area contributed by atoms with Crippen molar-refractivity contribution >= 4 is 46.6 Å². The first-order valence-electron chi connectivity index (χ1n) is 13.6. The van der Waals surface area contributed by atoms with Crippen molar-refractivity contribution in [2.45, 2.75) is 31.1 Å². The van der Waals surface area contributed by atoms with Crippen molar-refractivity contribution in [1.82, 2.24) is 10.2 Å². The third-order valence-electron chi connectivity index (χ3n) is 7.74. The molecular weight excluding hydrogens is 504 g/mol. The molecule has 6 nitrogen and oxygen atoms in total. The molecule has 0 atom stereocenters. The zero-order chi connectivity index (χ0) is 27.1. The van der Waals surface area contributed by atoms with Crippen LogP contribution in [0.4, 0.5) is 11.4 Å². The van der Waals surface area contributed by atoms with Gasteiger partial charge in [-0.3, -0.25) is 9.59 Å². The van der Waals surface area contributed by atoms with Gasteiger partial charge in [0, 0.05) is 43.6 Å². The van der Waals surface area contributed by atoms with E-state index in [1.54, 1.807) is 6.08 Å². The molecule has 3 aromatic rings. The van der Waals surface area contributed by atoms with Crippen molar-refractivity contribution < 1.29 is 9.59 Å². The molecular formula is C32H34N4O2S. The fraction of sp³-hybridized carbons (Fsp3) is 0.281. The lowest BCUT2D eigenvalue weighted by Crippen LogP contribution is -2.48. The third kappa shape index (κ3) is 6.37. The molecule has 1 saturated carbocycles. The molecule has 5 rings (SSSR count). The first-order chi connectivity index (χ1) is 19.0. The van der Waals surface area contributed by atoms with Gasteiger partial charge in [-0.25, -0.2) is 0 Å². The molecule has 2 amide bonds. The van der Waals surface area contributed by atoms with Crippen LogP contribution in [0.5, 0.6) is 0 Å². The molecule has 0 radical (unpaired) electrons. The summed E-state index contributed by atoms with van der Waals surface area (Å²) in [5, 5.41) is 6.43. The fourth-order valence-electron chi connectivity index (χ4n) is 5.55. The Kier molecular flexibility index (Phi) is 8.37. The topological polar surface area (TPSA) is 64.7 Å². The summed E-state index contributed by atoms with van der Waals surface area (Å²) < 4.78 is 0. The summed E-state index contributed by atoms with van der Waals surface area (Å²) in [5.74, 6) is 0.00612. The Bertz CT molecular complexity index is 1310. The van der Waals surface area contributed by atoms with E-state index >= 15 is 0 Å². The molecule has 200 valence electrons. The van der Waals surface area contributed by atoms with Gasteiger partial charge < -0.3 is 20.4 Å². The largest absolute Gasteiger partial charge is 0.368 e. The summed E-state index contributed by atoms with van der Waals surface area (Å²) in [6, 6.07) is 27.9. The fourth-order valence-corrected chi connectivity index (χ4v) is 5.76. The molecule has 1 aliphatic heterocycles. The van der Waals surface area contributed by atoms with E-state index in [0.29, 0.717) is 18.2 Å². The highest BCUT2D eigenvalue weighted by atomic mass is 32.1. The number of carbonyl (C=O) groups excluding carboxylic acids is 2. The molecule has 1 aliphatic carbocycles. The van der Waals surface area contributed by atoms with Crippen LogP contribution in [-0.2, 0) is 15.0 Å². The highest BCUT2D eigenvalue weighted by Crippen LogP contribution is 2.41. The van der Waals surface area contributed by atoms with Gasteiger partial charge in [0.25, 0.3) is 0 Å². The predicted molar refractivity (Wildman–Crippen MR) is 162 cm³/mol. The van der Waals surface area contributed by atoms with E-state index in [-0.39, 0.29) is 11.8 Å². The monoisotopic (exact) mass is 538 g/mol. The van der Waals surface area contributed by atoms with Gasteiger partial charge in [-0.1, -0.05) is 73.5 Å². The zero-order valence-electron chi connectivity index (χ0n) is 22.0. The van der Waals surface area contributed by atoms with Gasteiger partial charge in [0.15, 0.2) is 5.11 Å². The minimum Gasteiger partial charge on any atom is -0.368 e. The van der Waals surface area contributed by atoms with Gasteiger partial charge in [-0.15, -0.1) is 0 Å². The van der Waals surface area contributed by atoms with Crippen LogP contribution in [0.2, 0.25) is 0 Å². The standard InChI is InChI=1S/C32H34N4O2S/c37-29(18-13-25-9-3-1-4-10-25)36-23-21-35(22-24-36)28-16-14-27(15-17-28)33-31(39)34-30(38)32(19-7-8-20-32)26-11-5-2-6-12-26/h1-6,9-18H,7-8,19-24H2,(H2,33,34,38,39)/b18-13+. The van der Waals surface area contributed by atoms with Crippen molar-refractivity contribution in [2.75, 3.05) is 36.4 Å². The van der Waals surface area contributed by atoms with Crippen LogP contribution in [0.3, 0.4) is 0 Å². The smallest absolute Gasteiger partial charge is 0.246 e. The number of carbonyl (C=O) groups is 2. The number of nitrogens with zero attached hydrogens (tertiary/aromatic N) is 2. The number of hydrogen-bond acceptors (Lipinski definition) is 4. The van der Waals surface area contributed by atoms with Crippen molar-refractivity contribution in [3.8, 4) is 0 Å². The number of thiocarbonyl (C=S) groups is 1. The van der Waals surface area contributed by atoms with Gasteiger partial charge in [0.2, 0.25) is 11.8 Å². The molecule has 39 heavy (non-hydrogen) atoms. The third-order valence-corrected chi connectivity index (χ3v) is 7.95. The average molecular weight is 539 g/mol. The number of piperazine rings is 1. The Balaban J connectivity index is 1.12. The lowest BCUT2D eigenvalue weighted by Gasteiger charge is -2.35. The second kappa shape index (κ2) is 12.3. The number of nitrogens with one attached hydrogen (secondary N) is 2. The van der Waals surface area contributed by atoms with E-state index in [1.165, 1.54) is 0 Å². The van der Waals surface area contributed by atoms with Crippen LogP contribution < -0.4 is 15.5 Å². The van der Waals surface area contributed by atoms with Crippen LogP contribution in [-0.4, -0.2) is 48.0 Å². The maximum absolute atomic E-state index is 13.3. The number of benzene rings is 3. The maximum atomic E-state index is 13.3. The summed E-state index contributed by atoms with van der Waals surface area (Å²) in [5.41, 5.74) is 3.48. The van der Waals surface area contributed by atoms with E-state index in [4.69, 9.17) is 12.2 Å². The Labute approximate surface area is 235 Å². The number of hydrogen-bond donors (Lipinski definition) is 2. The van der Waals surface area contributed by atoms with E-state index in [9.17, 15) is 9.59 Å². The molecule has 3 aromatic carbocycles.